The number of ketones is 1. The van der Waals surface area contributed by atoms with Crippen molar-refractivity contribution >= 4 is 16.6 Å². The molecule has 0 bridgehead atoms. The van der Waals surface area contributed by atoms with Gasteiger partial charge in [-0.05, 0) is 61.9 Å². The molecule has 1 aliphatic rings. The van der Waals surface area contributed by atoms with E-state index in [2.05, 4.69) is 102 Å². The Labute approximate surface area is 278 Å². The molecule has 5 rings (SSSR count). The number of carbonyl (C=O) groups excluding carboxylic acids is 1. The van der Waals surface area contributed by atoms with Crippen LogP contribution in [0.3, 0.4) is 0 Å². The van der Waals surface area contributed by atoms with Crippen LogP contribution in [0.15, 0.2) is 72.6 Å². The van der Waals surface area contributed by atoms with Crippen molar-refractivity contribution in [2.75, 3.05) is 0 Å². The monoisotopic (exact) mass is 767 g/mol. The first-order valence-corrected chi connectivity index (χ1v) is 15.6. The number of rotatable bonds is 5. The summed E-state index contributed by atoms with van der Waals surface area (Å²) in [5.74, 6) is 0.979. The number of aromatic nitrogens is 1. The third kappa shape index (κ3) is 8.14. The predicted molar refractivity (Wildman–Crippen MR) is 182 cm³/mol. The van der Waals surface area contributed by atoms with Crippen molar-refractivity contribution in [3.05, 3.63) is 89.8 Å². The maximum absolute atomic E-state index is 11.2. The fourth-order valence-corrected chi connectivity index (χ4v) is 5.57. The summed E-state index contributed by atoms with van der Waals surface area (Å²) in [5.41, 5.74) is 9.97. The van der Waals surface area contributed by atoms with Gasteiger partial charge in [-0.3, -0.25) is 4.79 Å². The van der Waals surface area contributed by atoms with Crippen molar-refractivity contribution in [2.24, 2.45) is 11.8 Å². The number of carbonyl (C=O) groups is 1. The molecular weight excluding hydrogens is 719 g/mol. The number of aliphatic hydroxyl groups is 1. The van der Waals surface area contributed by atoms with E-state index in [0.717, 1.165) is 11.3 Å². The van der Waals surface area contributed by atoms with Crippen molar-refractivity contribution in [3.8, 4) is 33.5 Å². The number of hydrogen-bond donors (Lipinski definition) is 1. The second-order valence-corrected chi connectivity index (χ2v) is 14.8. The molecule has 1 aliphatic carbocycles. The molecule has 235 valence electrons. The van der Waals surface area contributed by atoms with Crippen molar-refractivity contribution in [3.63, 3.8) is 0 Å². The summed E-state index contributed by atoms with van der Waals surface area (Å²) in [6.45, 7) is 21.6. The number of hydrogen-bond acceptors (Lipinski definition) is 3. The summed E-state index contributed by atoms with van der Waals surface area (Å²) in [5, 5.41) is 11.8. The van der Waals surface area contributed by atoms with Gasteiger partial charge in [0, 0.05) is 45.2 Å². The van der Waals surface area contributed by atoms with Crippen molar-refractivity contribution in [2.45, 2.75) is 92.9 Å². The van der Waals surface area contributed by atoms with Gasteiger partial charge in [0.2, 0.25) is 0 Å². The summed E-state index contributed by atoms with van der Waals surface area (Å²) in [6, 6.07) is 23.8. The molecule has 0 amide bonds. The van der Waals surface area contributed by atoms with Crippen LogP contribution in [0.4, 0.5) is 0 Å². The third-order valence-electron chi connectivity index (χ3n) is 7.84. The van der Waals surface area contributed by atoms with Crippen molar-refractivity contribution in [1.29, 1.82) is 0 Å². The van der Waals surface area contributed by atoms with Crippen molar-refractivity contribution < 1.29 is 30.0 Å². The quantitative estimate of drug-likeness (QED) is 0.110. The minimum atomic E-state index is 0. The van der Waals surface area contributed by atoms with Gasteiger partial charge in [-0.15, -0.1) is 29.3 Å². The van der Waals surface area contributed by atoms with E-state index in [0.29, 0.717) is 24.7 Å². The van der Waals surface area contributed by atoms with E-state index >= 15 is 0 Å². The fourth-order valence-electron chi connectivity index (χ4n) is 5.57. The topological polar surface area (TPSA) is 50.2 Å². The molecule has 0 saturated carbocycles. The Balaban J connectivity index is 0.000000324. The first-order valence-electron chi connectivity index (χ1n) is 15.6. The number of allylic oxidation sites excluding steroid dienone is 2. The Hall–Kier alpha value is -3.07. The zero-order valence-electron chi connectivity index (χ0n) is 28.1. The van der Waals surface area contributed by atoms with E-state index in [9.17, 15) is 9.90 Å². The number of fused-ring (bicyclic) bond motifs is 5. The Bertz CT molecular complexity index is 1670. The molecular formula is C40H48IrNO2-. The number of benzene rings is 3. The van der Waals surface area contributed by atoms with E-state index in [1.165, 1.54) is 50.2 Å². The minimum absolute atomic E-state index is 0. The van der Waals surface area contributed by atoms with Gasteiger partial charge in [0.15, 0.2) is 5.78 Å². The summed E-state index contributed by atoms with van der Waals surface area (Å²) in [6.07, 6.45) is 4.41. The zero-order chi connectivity index (χ0) is 31.7. The van der Waals surface area contributed by atoms with Crippen molar-refractivity contribution in [1.82, 2.24) is 4.98 Å². The molecule has 0 aliphatic heterocycles. The van der Waals surface area contributed by atoms with Crippen LogP contribution >= 0.6 is 0 Å². The summed E-state index contributed by atoms with van der Waals surface area (Å²) in [4.78, 5) is 16.1. The molecule has 1 heterocycles. The summed E-state index contributed by atoms with van der Waals surface area (Å²) >= 11 is 0. The molecule has 44 heavy (non-hydrogen) atoms. The molecule has 0 unspecified atom stereocenters. The molecule has 3 nitrogen and oxygen atoms in total. The first-order chi connectivity index (χ1) is 20.1. The van der Waals surface area contributed by atoms with Gasteiger partial charge in [0.25, 0.3) is 0 Å². The molecule has 0 spiro atoms. The van der Waals surface area contributed by atoms with Gasteiger partial charge in [-0.25, -0.2) is 0 Å². The van der Waals surface area contributed by atoms with Gasteiger partial charge in [-0.1, -0.05) is 117 Å². The van der Waals surface area contributed by atoms with Gasteiger partial charge in [0.1, 0.15) is 0 Å². The van der Waals surface area contributed by atoms with Crippen LogP contribution in [0.1, 0.15) is 93.2 Å². The maximum atomic E-state index is 11.2. The molecule has 1 aromatic heterocycles. The molecule has 4 aromatic rings. The Morgan fingerprint density at radius 3 is 1.95 bits per heavy atom. The fraction of sp³-hybridized carbons (Fsp3) is 0.400. The summed E-state index contributed by atoms with van der Waals surface area (Å²) < 4.78 is 0. The van der Waals surface area contributed by atoms with Crippen LogP contribution in [0.5, 0.6) is 0 Å². The predicted octanol–water partition coefficient (Wildman–Crippen LogP) is 11.0. The van der Waals surface area contributed by atoms with Crippen LogP contribution in [0.25, 0.3) is 44.3 Å². The number of nitrogens with zero attached hydrogens (tertiary/aromatic N) is 1. The normalized spacial score (nSPS) is 12.6. The van der Waals surface area contributed by atoms with Crippen LogP contribution in [-0.4, -0.2) is 15.9 Å². The first kappa shape index (κ1) is 35.4. The molecule has 3 aromatic carbocycles. The second kappa shape index (κ2) is 13.9. The smallest absolute Gasteiger partial charge is 0.159 e. The van der Waals surface area contributed by atoms with E-state index < -0.39 is 0 Å². The average molecular weight is 767 g/mol. The second-order valence-electron chi connectivity index (χ2n) is 14.8. The number of aliphatic hydroxyl groups excluding tert-OH is 1. The molecule has 1 N–H and O–H groups in total. The van der Waals surface area contributed by atoms with Crippen LogP contribution in [0.2, 0.25) is 0 Å². The average Bonchev–Trinajstić information content (AvgIpc) is 3.01. The van der Waals surface area contributed by atoms with Crippen LogP contribution in [0, 0.1) is 17.9 Å². The SMILES string of the molecule is CC(C)(C)c1c[c-]c2c(c1)-c1ccccc1-c1cc(C(C)(C)C)cc3ccnc-2c13.CC(C)CC(=O)/C=C(\O)CC(C)C.[Ir]. The molecule has 4 heteroatoms. The summed E-state index contributed by atoms with van der Waals surface area (Å²) in [7, 11) is 0. The standard InChI is InChI=1S/C29H28N.C11H20O2.Ir/c1-28(2,3)19-11-12-23-24(16-19)21-9-7-8-10-22(21)25-17-20(29(4,5)6)15-18-13-14-30-27(23)26(18)25;1-8(2)5-10(12)7-11(13)6-9(3)4;/h7-11,13-17H,1-6H3;7-9,12H,5-6H2,1-4H3;/q-1;;/b;10-7-;. The van der Waals surface area contributed by atoms with Gasteiger partial charge < -0.3 is 10.1 Å². The Kier molecular flexibility index (Phi) is 11.2. The Morgan fingerprint density at radius 2 is 1.39 bits per heavy atom. The largest absolute Gasteiger partial charge is 0.512 e. The van der Waals surface area contributed by atoms with Crippen LogP contribution < -0.4 is 0 Å². The van der Waals surface area contributed by atoms with Crippen LogP contribution in [-0.2, 0) is 35.7 Å². The third-order valence-corrected chi connectivity index (χ3v) is 7.84. The van der Waals surface area contributed by atoms with Gasteiger partial charge in [-0.2, -0.15) is 0 Å². The zero-order valence-corrected chi connectivity index (χ0v) is 30.5. The van der Waals surface area contributed by atoms with Gasteiger partial charge in [0.05, 0.1) is 5.76 Å². The number of pyridine rings is 1. The maximum Gasteiger partial charge on any atom is 0.159 e. The Morgan fingerprint density at radius 1 is 0.818 bits per heavy atom. The molecule has 0 saturated heterocycles. The molecule has 1 radical (unpaired) electrons. The molecule has 0 atom stereocenters. The van der Waals surface area contributed by atoms with E-state index in [1.807, 2.05) is 33.9 Å². The molecule has 0 fully saturated rings. The van der Waals surface area contributed by atoms with E-state index in [4.69, 9.17) is 4.98 Å². The van der Waals surface area contributed by atoms with E-state index in [-0.39, 0.29) is 42.5 Å². The van der Waals surface area contributed by atoms with E-state index in [1.54, 1.807) is 0 Å². The minimum Gasteiger partial charge on any atom is -0.512 e. The van der Waals surface area contributed by atoms with Gasteiger partial charge >= 0.3 is 0 Å².